The minimum absolute atomic E-state index is 0.0995. The summed E-state index contributed by atoms with van der Waals surface area (Å²) in [6, 6.07) is 0. The highest BCUT2D eigenvalue weighted by atomic mass is 16.3. The number of hydrogen-bond acceptors (Lipinski definition) is 4. The number of anilines is 1. The van der Waals surface area contributed by atoms with Crippen molar-refractivity contribution in [2.75, 3.05) is 18.8 Å². The highest BCUT2D eigenvalue weighted by Crippen LogP contribution is 2.19. The minimum atomic E-state index is -0.287. The molecular weight excluding hydrogens is 220 g/mol. The number of aliphatic hydroxyl groups is 1. The van der Waals surface area contributed by atoms with E-state index in [1.807, 2.05) is 0 Å². The molecule has 2 heterocycles. The molecule has 1 aromatic rings. The van der Waals surface area contributed by atoms with Crippen molar-refractivity contribution in [2.45, 2.75) is 25.9 Å². The zero-order valence-corrected chi connectivity index (χ0v) is 10.2. The Morgan fingerprint density at radius 2 is 2.06 bits per heavy atom. The zero-order chi connectivity index (χ0) is 12.6. The maximum atomic E-state index is 12.3. The maximum Gasteiger partial charge on any atom is 0.274 e. The first-order chi connectivity index (χ1) is 8.00. The van der Waals surface area contributed by atoms with Crippen LogP contribution in [0, 0.1) is 6.92 Å². The van der Waals surface area contributed by atoms with Crippen molar-refractivity contribution in [1.29, 1.82) is 0 Å². The molecule has 0 radical (unpaired) electrons. The van der Waals surface area contributed by atoms with Crippen molar-refractivity contribution in [3.8, 4) is 0 Å². The van der Waals surface area contributed by atoms with Crippen LogP contribution in [0.15, 0.2) is 0 Å². The van der Waals surface area contributed by atoms with Gasteiger partial charge in [-0.15, -0.1) is 0 Å². The van der Waals surface area contributed by atoms with E-state index in [9.17, 15) is 9.90 Å². The molecule has 0 aromatic carbocycles. The molecule has 17 heavy (non-hydrogen) atoms. The highest BCUT2D eigenvalue weighted by molar-refractivity contribution is 5.98. The van der Waals surface area contributed by atoms with Crippen molar-refractivity contribution in [1.82, 2.24) is 14.7 Å². The first-order valence-corrected chi connectivity index (χ1v) is 5.77. The molecular formula is C11H18N4O2. The fourth-order valence-corrected chi connectivity index (χ4v) is 2.15. The SMILES string of the molecule is Cc1nn(C)c(C(=O)N2CCC(O)CC2)c1N. The van der Waals surface area contributed by atoms with Gasteiger partial charge in [0.2, 0.25) is 0 Å². The Hall–Kier alpha value is -1.56. The molecule has 1 aliphatic heterocycles. The molecule has 0 aliphatic carbocycles. The summed E-state index contributed by atoms with van der Waals surface area (Å²) in [4.78, 5) is 14.0. The number of piperidine rings is 1. The van der Waals surface area contributed by atoms with Gasteiger partial charge < -0.3 is 15.7 Å². The zero-order valence-electron chi connectivity index (χ0n) is 10.2. The summed E-state index contributed by atoms with van der Waals surface area (Å²) in [6.07, 6.45) is 0.968. The van der Waals surface area contributed by atoms with Crippen LogP contribution in [0.3, 0.4) is 0 Å². The van der Waals surface area contributed by atoms with Crippen molar-refractivity contribution in [3.05, 3.63) is 11.4 Å². The Kier molecular flexibility index (Phi) is 3.06. The molecule has 1 amide bonds. The van der Waals surface area contributed by atoms with Crippen molar-refractivity contribution < 1.29 is 9.90 Å². The van der Waals surface area contributed by atoms with E-state index >= 15 is 0 Å². The molecule has 0 bridgehead atoms. The first-order valence-electron chi connectivity index (χ1n) is 5.77. The first kappa shape index (κ1) is 11.9. The van der Waals surface area contributed by atoms with E-state index in [4.69, 9.17) is 5.73 Å². The van der Waals surface area contributed by atoms with Gasteiger partial charge in [0.25, 0.3) is 5.91 Å². The summed E-state index contributed by atoms with van der Waals surface area (Å²) in [7, 11) is 1.72. The van der Waals surface area contributed by atoms with Gasteiger partial charge in [-0.1, -0.05) is 0 Å². The number of nitrogens with zero attached hydrogens (tertiary/aromatic N) is 3. The van der Waals surface area contributed by atoms with E-state index < -0.39 is 0 Å². The van der Waals surface area contributed by atoms with Gasteiger partial charge in [0.1, 0.15) is 5.69 Å². The molecule has 6 nitrogen and oxygen atoms in total. The quantitative estimate of drug-likeness (QED) is 0.716. The van der Waals surface area contributed by atoms with Gasteiger partial charge in [0, 0.05) is 20.1 Å². The molecule has 1 aliphatic rings. The van der Waals surface area contributed by atoms with Crippen LogP contribution < -0.4 is 5.73 Å². The van der Waals surface area contributed by atoms with E-state index in [0.717, 1.165) is 0 Å². The number of aromatic nitrogens is 2. The number of hydrogen-bond donors (Lipinski definition) is 2. The van der Waals surface area contributed by atoms with Crippen LogP contribution in [0.4, 0.5) is 5.69 Å². The summed E-state index contributed by atoms with van der Waals surface area (Å²) in [5.41, 5.74) is 7.42. The smallest absolute Gasteiger partial charge is 0.274 e. The van der Waals surface area contributed by atoms with Crippen LogP contribution in [-0.2, 0) is 7.05 Å². The normalized spacial score (nSPS) is 17.5. The van der Waals surface area contributed by atoms with Crippen LogP contribution in [0.2, 0.25) is 0 Å². The largest absolute Gasteiger partial charge is 0.395 e. The summed E-state index contributed by atoms with van der Waals surface area (Å²) in [5, 5.41) is 13.5. The highest BCUT2D eigenvalue weighted by Gasteiger charge is 2.26. The minimum Gasteiger partial charge on any atom is -0.395 e. The van der Waals surface area contributed by atoms with Crippen LogP contribution in [-0.4, -0.2) is 44.9 Å². The molecule has 94 valence electrons. The summed E-state index contributed by atoms with van der Waals surface area (Å²) in [6.45, 7) is 2.93. The van der Waals surface area contributed by atoms with Crippen LogP contribution >= 0.6 is 0 Å². The molecule has 1 saturated heterocycles. The monoisotopic (exact) mass is 238 g/mol. The van der Waals surface area contributed by atoms with Crippen molar-refractivity contribution in [3.63, 3.8) is 0 Å². The number of carbonyl (C=O) groups excluding carboxylic acids is 1. The lowest BCUT2D eigenvalue weighted by atomic mass is 10.1. The van der Waals surface area contributed by atoms with E-state index in [-0.39, 0.29) is 12.0 Å². The Labute approximate surface area is 100 Å². The Bertz CT molecular complexity index is 433. The van der Waals surface area contributed by atoms with Crippen LogP contribution in [0.25, 0.3) is 0 Å². The van der Waals surface area contributed by atoms with E-state index in [1.54, 1.807) is 18.9 Å². The van der Waals surface area contributed by atoms with Crippen molar-refractivity contribution >= 4 is 11.6 Å². The predicted octanol–water partition coefficient (Wildman–Crippen LogP) is -0.0924. The molecule has 0 atom stereocenters. The lowest BCUT2D eigenvalue weighted by Crippen LogP contribution is -2.41. The Morgan fingerprint density at radius 1 is 1.47 bits per heavy atom. The molecule has 0 saturated carbocycles. The van der Waals surface area contributed by atoms with E-state index in [0.29, 0.717) is 43.0 Å². The van der Waals surface area contributed by atoms with Gasteiger partial charge in [-0.2, -0.15) is 5.10 Å². The van der Waals surface area contributed by atoms with E-state index in [2.05, 4.69) is 5.10 Å². The van der Waals surface area contributed by atoms with Crippen LogP contribution in [0.1, 0.15) is 29.0 Å². The predicted molar refractivity (Wildman–Crippen MR) is 63.5 cm³/mol. The van der Waals surface area contributed by atoms with Gasteiger partial charge in [-0.25, -0.2) is 0 Å². The standard InChI is InChI=1S/C11H18N4O2/c1-7-9(12)10(14(2)13-7)11(17)15-5-3-8(16)4-6-15/h8,16H,3-6,12H2,1-2H3. The second-order valence-corrected chi connectivity index (χ2v) is 4.49. The van der Waals surface area contributed by atoms with Crippen LogP contribution in [0.5, 0.6) is 0 Å². The molecule has 6 heteroatoms. The molecule has 1 aromatic heterocycles. The topological polar surface area (TPSA) is 84.4 Å². The number of amides is 1. The second kappa shape index (κ2) is 4.37. The molecule has 1 fully saturated rings. The third kappa shape index (κ3) is 2.12. The number of nitrogens with two attached hydrogens (primary N) is 1. The number of carbonyl (C=O) groups is 1. The van der Waals surface area contributed by atoms with Gasteiger partial charge in [0.05, 0.1) is 17.5 Å². The van der Waals surface area contributed by atoms with E-state index in [1.165, 1.54) is 4.68 Å². The van der Waals surface area contributed by atoms with Gasteiger partial charge in [0.15, 0.2) is 0 Å². The average Bonchev–Trinajstić information content (AvgIpc) is 2.53. The lowest BCUT2D eigenvalue weighted by Gasteiger charge is -2.29. The number of aryl methyl sites for hydroxylation is 2. The molecule has 0 spiro atoms. The second-order valence-electron chi connectivity index (χ2n) is 4.49. The Morgan fingerprint density at radius 3 is 2.53 bits per heavy atom. The molecule has 0 unspecified atom stereocenters. The molecule has 3 N–H and O–H groups in total. The summed E-state index contributed by atoms with van der Waals surface area (Å²) >= 11 is 0. The average molecular weight is 238 g/mol. The van der Waals surface area contributed by atoms with Crippen molar-refractivity contribution in [2.24, 2.45) is 7.05 Å². The lowest BCUT2D eigenvalue weighted by molar-refractivity contribution is 0.0538. The van der Waals surface area contributed by atoms with Gasteiger partial charge >= 0.3 is 0 Å². The molecule has 2 rings (SSSR count). The number of rotatable bonds is 1. The van der Waals surface area contributed by atoms with Gasteiger partial charge in [-0.3, -0.25) is 9.48 Å². The fraction of sp³-hybridized carbons (Fsp3) is 0.636. The summed E-state index contributed by atoms with van der Waals surface area (Å²) in [5.74, 6) is -0.0995. The third-order valence-corrected chi connectivity index (χ3v) is 3.22. The number of nitrogen functional groups attached to an aromatic ring is 1. The number of likely N-dealkylation sites (tertiary alicyclic amines) is 1. The maximum absolute atomic E-state index is 12.3. The summed E-state index contributed by atoms with van der Waals surface area (Å²) < 4.78 is 1.53. The third-order valence-electron chi connectivity index (χ3n) is 3.22. The van der Waals surface area contributed by atoms with Gasteiger partial charge in [-0.05, 0) is 19.8 Å². The number of aliphatic hydroxyl groups excluding tert-OH is 1. The Balaban J connectivity index is 2.20. The fourth-order valence-electron chi connectivity index (χ4n) is 2.15.